The molecule has 4 rings (SSSR count). The van der Waals surface area contributed by atoms with Crippen molar-refractivity contribution in [1.82, 2.24) is 9.88 Å². The second-order valence-electron chi connectivity index (χ2n) is 7.25. The number of pyridine rings is 1. The Balaban J connectivity index is 1.68. The lowest BCUT2D eigenvalue weighted by Gasteiger charge is -2.35. The second-order valence-corrected chi connectivity index (χ2v) is 7.25. The fourth-order valence-corrected chi connectivity index (χ4v) is 4.08. The van der Waals surface area contributed by atoms with Gasteiger partial charge in [0.05, 0.1) is 13.2 Å². The molecule has 0 radical (unpaired) electrons. The summed E-state index contributed by atoms with van der Waals surface area (Å²) in [6.07, 6.45) is 7.52. The van der Waals surface area contributed by atoms with Gasteiger partial charge in [0.25, 0.3) is 0 Å². The molecule has 1 aliphatic rings. The van der Waals surface area contributed by atoms with Gasteiger partial charge in [0.2, 0.25) is 0 Å². The highest BCUT2D eigenvalue weighted by Gasteiger charge is 2.24. The molecule has 1 fully saturated rings. The molecule has 1 aliphatic heterocycles. The summed E-state index contributed by atoms with van der Waals surface area (Å²) in [6.45, 7) is 2.22. The Morgan fingerprint density at radius 2 is 1.57 bits per heavy atom. The Hall–Kier alpha value is -2.72. The maximum Gasteiger partial charge on any atom is 0.129 e. The van der Waals surface area contributed by atoms with Crippen LogP contribution in [0.3, 0.4) is 0 Å². The maximum atomic E-state index is 13.5. The van der Waals surface area contributed by atoms with Gasteiger partial charge >= 0.3 is 0 Å². The van der Waals surface area contributed by atoms with Crippen LogP contribution in [0, 0.1) is 5.82 Å². The standard InChI is InChI=1S/C24H25FN2O/c1-28-23-17-21(25)9-10-22(23)18-5-7-19(8-6-18)24(20-11-13-26-14-12-20)27-15-3-2-4-16-27/h5-14,17,24H,2-4,15-16H2,1H3/t24-/m1/s1. The van der Waals surface area contributed by atoms with Gasteiger partial charge in [-0.3, -0.25) is 9.88 Å². The predicted octanol–water partition coefficient (Wildman–Crippen LogP) is 5.47. The van der Waals surface area contributed by atoms with Gasteiger partial charge in [-0.1, -0.05) is 30.7 Å². The molecule has 2 aromatic carbocycles. The fraction of sp³-hybridized carbons (Fsp3) is 0.292. The molecule has 0 unspecified atom stereocenters. The van der Waals surface area contributed by atoms with Crippen LogP contribution in [0.1, 0.15) is 36.4 Å². The SMILES string of the molecule is COc1cc(F)ccc1-c1ccc([C@H](c2ccncc2)N2CCCCC2)cc1. The largest absolute Gasteiger partial charge is 0.496 e. The van der Waals surface area contributed by atoms with E-state index in [1.165, 1.54) is 42.5 Å². The van der Waals surface area contributed by atoms with Gasteiger partial charge in [-0.15, -0.1) is 0 Å². The molecule has 1 aromatic heterocycles. The predicted molar refractivity (Wildman–Crippen MR) is 110 cm³/mol. The Bertz CT molecular complexity index is 906. The lowest BCUT2D eigenvalue weighted by atomic mass is 9.93. The fourth-order valence-electron chi connectivity index (χ4n) is 4.08. The number of likely N-dealkylation sites (tertiary alicyclic amines) is 1. The number of rotatable bonds is 5. The average Bonchev–Trinajstić information content (AvgIpc) is 2.76. The number of ether oxygens (including phenoxy) is 1. The number of hydrogen-bond donors (Lipinski definition) is 0. The van der Waals surface area contributed by atoms with E-state index in [1.54, 1.807) is 13.2 Å². The normalized spacial score (nSPS) is 15.9. The summed E-state index contributed by atoms with van der Waals surface area (Å²) in [5.41, 5.74) is 4.45. The Labute approximate surface area is 165 Å². The summed E-state index contributed by atoms with van der Waals surface area (Å²) < 4.78 is 18.9. The Morgan fingerprint density at radius 1 is 0.893 bits per heavy atom. The minimum Gasteiger partial charge on any atom is -0.496 e. The molecule has 0 saturated carbocycles. The lowest BCUT2D eigenvalue weighted by Crippen LogP contribution is -2.34. The molecule has 3 aromatic rings. The summed E-state index contributed by atoms with van der Waals surface area (Å²) in [6, 6.07) is 17.7. The highest BCUT2D eigenvalue weighted by atomic mass is 19.1. The van der Waals surface area contributed by atoms with Gasteiger partial charge in [0, 0.05) is 24.0 Å². The molecule has 3 nitrogen and oxygen atoms in total. The van der Waals surface area contributed by atoms with Gasteiger partial charge < -0.3 is 4.74 Å². The van der Waals surface area contributed by atoms with Crippen LogP contribution < -0.4 is 4.74 Å². The zero-order valence-electron chi connectivity index (χ0n) is 16.1. The first-order valence-electron chi connectivity index (χ1n) is 9.84. The van der Waals surface area contributed by atoms with E-state index in [4.69, 9.17) is 4.74 Å². The van der Waals surface area contributed by atoms with E-state index in [2.05, 4.69) is 46.3 Å². The van der Waals surface area contributed by atoms with Crippen LogP contribution in [0.4, 0.5) is 4.39 Å². The highest BCUT2D eigenvalue weighted by Crippen LogP contribution is 2.34. The number of aromatic nitrogens is 1. The van der Waals surface area contributed by atoms with Crippen molar-refractivity contribution in [3.63, 3.8) is 0 Å². The van der Waals surface area contributed by atoms with Crippen LogP contribution in [0.15, 0.2) is 67.0 Å². The molecule has 28 heavy (non-hydrogen) atoms. The monoisotopic (exact) mass is 376 g/mol. The number of benzene rings is 2. The van der Waals surface area contributed by atoms with Crippen molar-refractivity contribution in [2.24, 2.45) is 0 Å². The summed E-state index contributed by atoms with van der Waals surface area (Å²) >= 11 is 0. The highest BCUT2D eigenvalue weighted by molar-refractivity contribution is 5.70. The molecule has 0 aliphatic carbocycles. The van der Waals surface area contributed by atoms with Gasteiger partial charge in [0.1, 0.15) is 11.6 Å². The van der Waals surface area contributed by atoms with Gasteiger partial charge in [-0.25, -0.2) is 4.39 Å². The quantitative estimate of drug-likeness (QED) is 0.590. The molecule has 144 valence electrons. The summed E-state index contributed by atoms with van der Waals surface area (Å²) in [4.78, 5) is 6.75. The van der Waals surface area contributed by atoms with Gasteiger partial charge in [-0.05, 0) is 66.9 Å². The summed E-state index contributed by atoms with van der Waals surface area (Å²) in [7, 11) is 1.57. The second kappa shape index (κ2) is 8.53. The van der Waals surface area contributed by atoms with Crippen LogP contribution in [0.25, 0.3) is 11.1 Å². The lowest BCUT2D eigenvalue weighted by molar-refractivity contribution is 0.187. The molecular formula is C24H25FN2O. The molecule has 1 atom stereocenters. The van der Waals surface area contributed by atoms with Crippen molar-refractivity contribution in [1.29, 1.82) is 0 Å². The molecule has 4 heteroatoms. The number of halogens is 1. The van der Waals surface area contributed by atoms with Gasteiger partial charge in [-0.2, -0.15) is 0 Å². The third-order valence-corrected chi connectivity index (χ3v) is 5.48. The van der Waals surface area contributed by atoms with Crippen molar-refractivity contribution >= 4 is 0 Å². The van der Waals surface area contributed by atoms with E-state index in [-0.39, 0.29) is 11.9 Å². The van der Waals surface area contributed by atoms with E-state index >= 15 is 0 Å². The minimum atomic E-state index is -0.292. The van der Waals surface area contributed by atoms with Crippen molar-refractivity contribution in [2.75, 3.05) is 20.2 Å². The first kappa shape index (κ1) is 18.6. The van der Waals surface area contributed by atoms with E-state index < -0.39 is 0 Å². The molecule has 0 spiro atoms. The molecular weight excluding hydrogens is 351 g/mol. The number of hydrogen-bond acceptors (Lipinski definition) is 3. The van der Waals surface area contributed by atoms with Crippen molar-refractivity contribution in [3.8, 4) is 16.9 Å². The summed E-state index contributed by atoms with van der Waals surface area (Å²) in [5.74, 6) is 0.259. The van der Waals surface area contributed by atoms with E-state index in [0.717, 1.165) is 24.2 Å². The summed E-state index contributed by atoms with van der Waals surface area (Å²) in [5, 5.41) is 0. The average molecular weight is 376 g/mol. The number of piperidine rings is 1. The first-order chi connectivity index (χ1) is 13.8. The topological polar surface area (TPSA) is 25.4 Å². The minimum absolute atomic E-state index is 0.229. The third-order valence-electron chi connectivity index (χ3n) is 5.48. The molecule has 1 saturated heterocycles. The van der Waals surface area contributed by atoms with E-state index in [1.807, 2.05) is 12.4 Å². The molecule has 0 bridgehead atoms. The number of nitrogens with zero attached hydrogens (tertiary/aromatic N) is 2. The first-order valence-corrected chi connectivity index (χ1v) is 9.84. The van der Waals surface area contributed by atoms with Crippen LogP contribution in [-0.4, -0.2) is 30.1 Å². The zero-order valence-corrected chi connectivity index (χ0v) is 16.1. The van der Waals surface area contributed by atoms with Crippen LogP contribution >= 0.6 is 0 Å². The zero-order chi connectivity index (χ0) is 19.3. The van der Waals surface area contributed by atoms with E-state index in [9.17, 15) is 4.39 Å². The van der Waals surface area contributed by atoms with Gasteiger partial charge in [0.15, 0.2) is 0 Å². The third kappa shape index (κ3) is 3.92. The van der Waals surface area contributed by atoms with Crippen LogP contribution in [0.2, 0.25) is 0 Å². The van der Waals surface area contributed by atoms with Crippen molar-refractivity contribution in [2.45, 2.75) is 25.3 Å². The molecule has 0 N–H and O–H groups in total. The number of methoxy groups -OCH3 is 1. The molecule has 2 heterocycles. The smallest absolute Gasteiger partial charge is 0.129 e. The van der Waals surface area contributed by atoms with Crippen molar-refractivity contribution < 1.29 is 9.13 Å². The van der Waals surface area contributed by atoms with Crippen molar-refractivity contribution in [3.05, 3.63) is 83.9 Å². The molecule has 0 amide bonds. The Morgan fingerprint density at radius 3 is 2.25 bits per heavy atom. The van der Waals surface area contributed by atoms with E-state index in [0.29, 0.717) is 5.75 Å². The maximum absolute atomic E-state index is 13.5. The Kier molecular flexibility index (Phi) is 5.68. The van der Waals surface area contributed by atoms with Crippen LogP contribution in [-0.2, 0) is 0 Å². The van der Waals surface area contributed by atoms with Crippen LogP contribution in [0.5, 0.6) is 5.75 Å².